The SMILES string of the molecule is CCOC1CC(Nc2cc(Br)c(F)cc2C)C1(C)CC. The molecule has 0 saturated heterocycles. The standard InChI is InChI=1S/C16H23BrFNO/c1-5-16(4)14(9-15(16)20-6-2)19-13-8-11(17)12(18)7-10(13)3/h7-8,14-15,19H,5-6,9H2,1-4H3. The molecule has 1 aromatic carbocycles. The van der Waals surface area contributed by atoms with E-state index in [1.165, 1.54) is 0 Å². The third-order valence-corrected chi connectivity index (χ3v) is 5.32. The molecule has 2 rings (SSSR count). The average molecular weight is 344 g/mol. The van der Waals surface area contributed by atoms with Crippen LogP contribution in [0.25, 0.3) is 0 Å². The normalized spacial score (nSPS) is 29.1. The molecule has 0 radical (unpaired) electrons. The van der Waals surface area contributed by atoms with E-state index in [1.54, 1.807) is 6.07 Å². The minimum Gasteiger partial charge on any atom is -0.381 e. The number of aryl methyl sites for hydroxylation is 1. The van der Waals surface area contributed by atoms with Crippen molar-refractivity contribution in [3.8, 4) is 0 Å². The van der Waals surface area contributed by atoms with Crippen LogP contribution < -0.4 is 5.32 Å². The number of benzene rings is 1. The van der Waals surface area contributed by atoms with Gasteiger partial charge in [0, 0.05) is 23.8 Å². The van der Waals surface area contributed by atoms with Gasteiger partial charge >= 0.3 is 0 Å². The summed E-state index contributed by atoms with van der Waals surface area (Å²) in [5.41, 5.74) is 2.07. The lowest BCUT2D eigenvalue weighted by atomic mass is 9.61. The molecule has 112 valence electrons. The molecule has 3 atom stereocenters. The van der Waals surface area contributed by atoms with E-state index in [2.05, 4.69) is 35.1 Å². The van der Waals surface area contributed by atoms with Crippen LogP contribution in [0, 0.1) is 18.2 Å². The van der Waals surface area contributed by atoms with Crippen LogP contribution in [0.4, 0.5) is 10.1 Å². The van der Waals surface area contributed by atoms with Crippen LogP contribution in [0.5, 0.6) is 0 Å². The van der Waals surface area contributed by atoms with Crippen LogP contribution in [0.3, 0.4) is 0 Å². The Labute approximate surface area is 129 Å². The molecule has 0 aromatic heterocycles. The van der Waals surface area contributed by atoms with E-state index >= 15 is 0 Å². The molecule has 2 nitrogen and oxygen atoms in total. The Morgan fingerprint density at radius 3 is 2.75 bits per heavy atom. The molecule has 1 fully saturated rings. The smallest absolute Gasteiger partial charge is 0.137 e. The Balaban J connectivity index is 2.13. The lowest BCUT2D eigenvalue weighted by Gasteiger charge is -2.54. The molecule has 3 unspecified atom stereocenters. The zero-order valence-electron chi connectivity index (χ0n) is 12.6. The molecule has 20 heavy (non-hydrogen) atoms. The highest BCUT2D eigenvalue weighted by Gasteiger charge is 2.51. The molecule has 1 N–H and O–H groups in total. The predicted molar refractivity (Wildman–Crippen MR) is 84.7 cm³/mol. The largest absolute Gasteiger partial charge is 0.381 e. The van der Waals surface area contributed by atoms with Gasteiger partial charge in [-0.25, -0.2) is 4.39 Å². The first-order valence-corrected chi connectivity index (χ1v) is 8.05. The maximum Gasteiger partial charge on any atom is 0.137 e. The predicted octanol–water partition coefficient (Wildman–Crippen LogP) is 4.90. The first kappa shape index (κ1) is 15.8. The van der Waals surface area contributed by atoms with E-state index < -0.39 is 0 Å². The van der Waals surface area contributed by atoms with Crippen molar-refractivity contribution in [2.24, 2.45) is 5.41 Å². The minimum absolute atomic E-state index is 0.142. The Bertz CT molecular complexity index is 494. The Hall–Kier alpha value is -0.610. The van der Waals surface area contributed by atoms with Crippen molar-refractivity contribution in [2.75, 3.05) is 11.9 Å². The van der Waals surface area contributed by atoms with E-state index in [-0.39, 0.29) is 11.2 Å². The lowest BCUT2D eigenvalue weighted by Crippen LogP contribution is -2.59. The van der Waals surface area contributed by atoms with Crippen LogP contribution >= 0.6 is 15.9 Å². The number of nitrogens with one attached hydrogen (secondary N) is 1. The van der Waals surface area contributed by atoms with E-state index in [4.69, 9.17) is 4.74 Å². The number of anilines is 1. The van der Waals surface area contributed by atoms with Crippen molar-refractivity contribution in [2.45, 2.75) is 52.7 Å². The third-order valence-electron chi connectivity index (χ3n) is 4.71. The summed E-state index contributed by atoms with van der Waals surface area (Å²) in [7, 11) is 0. The molecule has 1 aliphatic carbocycles. The third kappa shape index (κ3) is 2.73. The minimum atomic E-state index is -0.216. The second kappa shape index (κ2) is 6.02. The Morgan fingerprint density at radius 1 is 1.45 bits per heavy atom. The van der Waals surface area contributed by atoms with Crippen molar-refractivity contribution in [1.82, 2.24) is 0 Å². The molecule has 0 bridgehead atoms. The van der Waals surface area contributed by atoms with Gasteiger partial charge in [0.05, 0.1) is 10.6 Å². The number of rotatable bonds is 5. The first-order valence-electron chi connectivity index (χ1n) is 7.26. The number of ether oxygens (including phenoxy) is 1. The quantitative estimate of drug-likeness (QED) is 0.820. The summed E-state index contributed by atoms with van der Waals surface area (Å²) in [5, 5.41) is 3.57. The Morgan fingerprint density at radius 2 is 2.15 bits per heavy atom. The molecule has 0 aliphatic heterocycles. The van der Waals surface area contributed by atoms with Crippen LogP contribution in [0.2, 0.25) is 0 Å². The highest BCUT2D eigenvalue weighted by molar-refractivity contribution is 9.10. The summed E-state index contributed by atoms with van der Waals surface area (Å²) < 4.78 is 19.8. The molecule has 0 amide bonds. The molecule has 1 aliphatic rings. The van der Waals surface area contributed by atoms with E-state index in [0.717, 1.165) is 30.7 Å². The molecule has 0 heterocycles. The zero-order chi connectivity index (χ0) is 14.9. The van der Waals surface area contributed by atoms with E-state index in [0.29, 0.717) is 16.6 Å². The second-order valence-electron chi connectivity index (χ2n) is 5.82. The number of hydrogen-bond acceptors (Lipinski definition) is 2. The number of hydrogen-bond donors (Lipinski definition) is 1. The van der Waals surface area contributed by atoms with Crippen LogP contribution in [-0.2, 0) is 4.74 Å². The van der Waals surface area contributed by atoms with Crippen molar-refractivity contribution < 1.29 is 9.13 Å². The van der Waals surface area contributed by atoms with Gasteiger partial charge in [-0.2, -0.15) is 0 Å². The second-order valence-corrected chi connectivity index (χ2v) is 6.67. The summed E-state index contributed by atoms with van der Waals surface area (Å²) in [4.78, 5) is 0. The van der Waals surface area contributed by atoms with Gasteiger partial charge in [-0.05, 0) is 60.3 Å². The zero-order valence-corrected chi connectivity index (χ0v) is 14.2. The van der Waals surface area contributed by atoms with Gasteiger partial charge in [0.2, 0.25) is 0 Å². The van der Waals surface area contributed by atoms with Gasteiger partial charge in [-0.1, -0.05) is 13.8 Å². The van der Waals surface area contributed by atoms with Crippen molar-refractivity contribution >= 4 is 21.6 Å². The Kier molecular flexibility index (Phi) is 4.75. The molecular formula is C16H23BrFNO. The van der Waals surface area contributed by atoms with Gasteiger partial charge < -0.3 is 10.1 Å². The average Bonchev–Trinajstić information content (AvgIpc) is 2.42. The maximum atomic E-state index is 13.5. The monoisotopic (exact) mass is 343 g/mol. The van der Waals surface area contributed by atoms with Gasteiger partial charge in [-0.15, -0.1) is 0 Å². The summed E-state index contributed by atoms with van der Waals surface area (Å²) in [5.74, 6) is -0.216. The molecule has 1 aromatic rings. The van der Waals surface area contributed by atoms with Gasteiger partial charge in [-0.3, -0.25) is 0 Å². The summed E-state index contributed by atoms with van der Waals surface area (Å²) in [6, 6.07) is 3.77. The summed E-state index contributed by atoms with van der Waals surface area (Å²) in [6.07, 6.45) is 2.39. The summed E-state index contributed by atoms with van der Waals surface area (Å²) in [6.45, 7) is 9.20. The van der Waals surface area contributed by atoms with Crippen molar-refractivity contribution in [3.63, 3.8) is 0 Å². The topological polar surface area (TPSA) is 21.3 Å². The first-order chi connectivity index (χ1) is 9.42. The van der Waals surface area contributed by atoms with Crippen LogP contribution in [-0.4, -0.2) is 18.8 Å². The highest BCUT2D eigenvalue weighted by Crippen LogP contribution is 2.47. The fraction of sp³-hybridized carbons (Fsp3) is 0.625. The van der Waals surface area contributed by atoms with E-state index in [1.807, 2.05) is 19.9 Å². The summed E-state index contributed by atoms with van der Waals surface area (Å²) >= 11 is 3.25. The molecule has 1 saturated carbocycles. The van der Waals surface area contributed by atoms with E-state index in [9.17, 15) is 4.39 Å². The highest BCUT2D eigenvalue weighted by atomic mass is 79.9. The molecule has 4 heteroatoms. The van der Waals surface area contributed by atoms with Gasteiger partial charge in [0.25, 0.3) is 0 Å². The van der Waals surface area contributed by atoms with Gasteiger partial charge in [0.1, 0.15) is 5.82 Å². The van der Waals surface area contributed by atoms with Crippen molar-refractivity contribution in [3.05, 3.63) is 28.0 Å². The van der Waals surface area contributed by atoms with Crippen molar-refractivity contribution in [1.29, 1.82) is 0 Å². The van der Waals surface area contributed by atoms with Gasteiger partial charge in [0.15, 0.2) is 0 Å². The lowest BCUT2D eigenvalue weighted by molar-refractivity contribution is -0.109. The fourth-order valence-corrected chi connectivity index (χ4v) is 3.31. The molecular weight excluding hydrogens is 321 g/mol. The molecule has 0 spiro atoms. The number of halogens is 2. The maximum absolute atomic E-state index is 13.5. The fourth-order valence-electron chi connectivity index (χ4n) is 2.96. The van der Waals surface area contributed by atoms with Crippen LogP contribution in [0.15, 0.2) is 16.6 Å². The van der Waals surface area contributed by atoms with Crippen LogP contribution in [0.1, 0.15) is 39.2 Å².